The number of para-hydroxylation sites is 1. The molecule has 0 aliphatic heterocycles. The van der Waals surface area contributed by atoms with Crippen LogP contribution >= 0.6 is 0 Å². The van der Waals surface area contributed by atoms with Crippen molar-refractivity contribution in [2.24, 2.45) is 5.73 Å². The average Bonchev–Trinajstić information content (AvgIpc) is 2.39. The van der Waals surface area contributed by atoms with Gasteiger partial charge in [-0.3, -0.25) is 14.9 Å². The Hall–Kier alpha value is -2.22. The standard InChI is InChI=1S/C12H16FN3O4/c1-2-6-15-9(12(14)17)7-20-11-8(13)4-3-5-10(11)16(18)19/h3-5,9,15H,2,6-7H2,1H3,(H2,14,17). The summed E-state index contributed by atoms with van der Waals surface area (Å²) in [5, 5.41) is 13.6. The Kier molecular flexibility index (Phi) is 5.85. The van der Waals surface area contributed by atoms with Gasteiger partial charge < -0.3 is 15.8 Å². The molecular weight excluding hydrogens is 269 g/mol. The number of nitro benzene ring substituents is 1. The number of carbonyl (C=O) groups excluding carboxylic acids is 1. The molecule has 20 heavy (non-hydrogen) atoms. The van der Waals surface area contributed by atoms with E-state index in [1.54, 1.807) is 0 Å². The first-order valence-corrected chi connectivity index (χ1v) is 6.05. The fourth-order valence-electron chi connectivity index (χ4n) is 1.51. The summed E-state index contributed by atoms with van der Waals surface area (Å²) >= 11 is 0. The molecule has 1 aromatic rings. The van der Waals surface area contributed by atoms with Gasteiger partial charge in [-0.1, -0.05) is 13.0 Å². The third kappa shape index (κ3) is 4.16. The Labute approximate surface area is 115 Å². The number of nitro groups is 1. The van der Waals surface area contributed by atoms with Gasteiger partial charge in [0.1, 0.15) is 12.6 Å². The second-order valence-electron chi connectivity index (χ2n) is 4.07. The van der Waals surface area contributed by atoms with E-state index in [0.29, 0.717) is 6.54 Å². The molecule has 0 bridgehead atoms. The molecule has 0 fully saturated rings. The van der Waals surface area contributed by atoms with Crippen molar-refractivity contribution in [3.63, 3.8) is 0 Å². The zero-order chi connectivity index (χ0) is 15.1. The van der Waals surface area contributed by atoms with E-state index in [2.05, 4.69) is 5.32 Å². The smallest absolute Gasteiger partial charge is 0.314 e. The quantitative estimate of drug-likeness (QED) is 0.546. The highest BCUT2D eigenvalue weighted by Gasteiger charge is 2.22. The van der Waals surface area contributed by atoms with Crippen molar-refractivity contribution in [1.82, 2.24) is 5.32 Å². The Bertz CT molecular complexity index is 496. The number of primary amides is 1. The van der Waals surface area contributed by atoms with Gasteiger partial charge in [0.05, 0.1) is 4.92 Å². The first-order chi connectivity index (χ1) is 9.47. The van der Waals surface area contributed by atoms with Crippen LogP contribution < -0.4 is 15.8 Å². The van der Waals surface area contributed by atoms with Crippen molar-refractivity contribution in [3.8, 4) is 5.75 Å². The first kappa shape index (κ1) is 15.8. The lowest BCUT2D eigenvalue weighted by molar-refractivity contribution is -0.386. The number of hydrogen-bond acceptors (Lipinski definition) is 5. The van der Waals surface area contributed by atoms with E-state index in [9.17, 15) is 19.3 Å². The second kappa shape index (κ2) is 7.39. The van der Waals surface area contributed by atoms with Gasteiger partial charge in [0.15, 0.2) is 5.82 Å². The molecule has 1 rings (SSSR count). The van der Waals surface area contributed by atoms with Crippen molar-refractivity contribution in [2.45, 2.75) is 19.4 Å². The minimum Gasteiger partial charge on any atom is -0.483 e. The fraction of sp³-hybridized carbons (Fsp3) is 0.417. The molecule has 0 heterocycles. The maximum atomic E-state index is 13.5. The molecule has 0 aliphatic carbocycles. The molecule has 1 unspecified atom stereocenters. The average molecular weight is 285 g/mol. The van der Waals surface area contributed by atoms with E-state index in [-0.39, 0.29) is 6.61 Å². The summed E-state index contributed by atoms with van der Waals surface area (Å²) in [6, 6.07) is 2.54. The maximum absolute atomic E-state index is 13.5. The Balaban J connectivity index is 2.82. The van der Waals surface area contributed by atoms with Gasteiger partial charge in [-0.15, -0.1) is 0 Å². The molecule has 3 N–H and O–H groups in total. The van der Waals surface area contributed by atoms with Crippen LogP contribution in [0.3, 0.4) is 0 Å². The molecule has 7 nitrogen and oxygen atoms in total. The highest BCUT2D eigenvalue weighted by atomic mass is 19.1. The fourth-order valence-corrected chi connectivity index (χ4v) is 1.51. The summed E-state index contributed by atoms with van der Waals surface area (Å²) in [4.78, 5) is 21.2. The van der Waals surface area contributed by atoms with Crippen LogP contribution in [0.5, 0.6) is 5.75 Å². The predicted octanol–water partition coefficient (Wildman–Crippen LogP) is 0.966. The Morgan fingerprint density at radius 1 is 1.60 bits per heavy atom. The largest absolute Gasteiger partial charge is 0.483 e. The summed E-state index contributed by atoms with van der Waals surface area (Å²) < 4.78 is 18.6. The summed E-state index contributed by atoms with van der Waals surface area (Å²) in [7, 11) is 0. The zero-order valence-electron chi connectivity index (χ0n) is 11.0. The van der Waals surface area contributed by atoms with Crippen molar-refractivity contribution in [3.05, 3.63) is 34.1 Å². The topological polar surface area (TPSA) is 107 Å². The number of hydrogen-bond donors (Lipinski definition) is 2. The number of benzene rings is 1. The number of amides is 1. The van der Waals surface area contributed by atoms with Gasteiger partial charge >= 0.3 is 5.69 Å². The number of nitrogens with zero attached hydrogens (tertiary/aromatic N) is 1. The lowest BCUT2D eigenvalue weighted by atomic mass is 10.2. The lowest BCUT2D eigenvalue weighted by Gasteiger charge is -2.16. The van der Waals surface area contributed by atoms with Gasteiger partial charge in [-0.05, 0) is 19.0 Å². The van der Waals surface area contributed by atoms with Crippen LogP contribution in [-0.2, 0) is 4.79 Å². The van der Waals surface area contributed by atoms with Gasteiger partial charge in [0, 0.05) is 6.07 Å². The molecule has 0 aliphatic rings. The summed E-state index contributed by atoms with van der Waals surface area (Å²) in [5.74, 6) is -2.03. The van der Waals surface area contributed by atoms with Crippen LogP contribution in [0, 0.1) is 15.9 Å². The van der Waals surface area contributed by atoms with E-state index in [1.807, 2.05) is 6.92 Å². The predicted molar refractivity (Wildman–Crippen MR) is 69.8 cm³/mol. The number of nitrogens with two attached hydrogens (primary N) is 1. The summed E-state index contributed by atoms with van der Waals surface area (Å²) in [5.41, 5.74) is 4.67. The normalized spacial score (nSPS) is 11.9. The molecule has 0 spiro atoms. The molecule has 1 amide bonds. The van der Waals surface area contributed by atoms with Crippen molar-refractivity contribution in [1.29, 1.82) is 0 Å². The molecule has 8 heteroatoms. The monoisotopic (exact) mass is 285 g/mol. The maximum Gasteiger partial charge on any atom is 0.314 e. The van der Waals surface area contributed by atoms with E-state index >= 15 is 0 Å². The molecule has 0 saturated carbocycles. The third-order valence-corrected chi connectivity index (χ3v) is 2.52. The molecule has 1 aromatic carbocycles. The number of carbonyl (C=O) groups is 1. The number of halogens is 1. The van der Waals surface area contributed by atoms with E-state index in [0.717, 1.165) is 18.6 Å². The Morgan fingerprint density at radius 2 is 2.30 bits per heavy atom. The minimum absolute atomic E-state index is 0.281. The zero-order valence-corrected chi connectivity index (χ0v) is 11.0. The van der Waals surface area contributed by atoms with Crippen molar-refractivity contribution >= 4 is 11.6 Å². The van der Waals surface area contributed by atoms with Gasteiger partial charge in [-0.2, -0.15) is 0 Å². The van der Waals surface area contributed by atoms with Crippen molar-refractivity contribution in [2.75, 3.05) is 13.2 Å². The minimum atomic E-state index is -0.863. The third-order valence-electron chi connectivity index (χ3n) is 2.52. The van der Waals surface area contributed by atoms with E-state index < -0.39 is 34.1 Å². The SMILES string of the molecule is CCCNC(COc1c(F)cccc1[N+](=O)[O-])C(N)=O. The van der Waals surface area contributed by atoms with Crippen LogP contribution in [0.15, 0.2) is 18.2 Å². The number of ether oxygens (including phenoxy) is 1. The first-order valence-electron chi connectivity index (χ1n) is 6.05. The molecule has 0 radical (unpaired) electrons. The van der Waals surface area contributed by atoms with E-state index in [1.165, 1.54) is 6.07 Å². The summed E-state index contributed by atoms with van der Waals surface area (Å²) in [6.45, 7) is 2.14. The van der Waals surface area contributed by atoms with Crippen LogP contribution in [-0.4, -0.2) is 30.0 Å². The highest BCUT2D eigenvalue weighted by molar-refractivity contribution is 5.80. The van der Waals surface area contributed by atoms with Crippen LogP contribution in [0.4, 0.5) is 10.1 Å². The van der Waals surface area contributed by atoms with Crippen LogP contribution in [0.25, 0.3) is 0 Å². The summed E-state index contributed by atoms with van der Waals surface area (Å²) in [6.07, 6.45) is 0.767. The lowest BCUT2D eigenvalue weighted by Crippen LogP contribution is -2.45. The molecule has 0 aromatic heterocycles. The molecule has 0 saturated heterocycles. The van der Waals surface area contributed by atoms with Gasteiger partial charge in [-0.25, -0.2) is 4.39 Å². The van der Waals surface area contributed by atoms with Crippen LogP contribution in [0.2, 0.25) is 0 Å². The molecule has 1 atom stereocenters. The Morgan fingerprint density at radius 3 is 2.85 bits per heavy atom. The van der Waals surface area contributed by atoms with Gasteiger partial charge in [0.2, 0.25) is 11.7 Å². The van der Waals surface area contributed by atoms with E-state index in [4.69, 9.17) is 10.5 Å². The number of nitrogens with one attached hydrogen (secondary N) is 1. The highest BCUT2D eigenvalue weighted by Crippen LogP contribution is 2.29. The van der Waals surface area contributed by atoms with Gasteiger partial charge in [0.25, 0.3) is 0 Å². The van der Waals surface area contributed by atoms with Crippen LogP contribution in [0.1, 0.15) is 13.3 Å². The second-order valence-corrected chi connectivity index (χ2v) is 4.07. The molecule has 110 valence electrons. The molecular formula is C12H16FN3O4. The van der Waals surface area contributed by atoms with Crippen molar-refractivity contribution < 1.29 is 18.8 Å². The number of rotatable bonds is 8.